The Hall–Kier alpha value is -8.72. The molecular weight excluding hydrogens is 837 g/mol. The van der Waals surface area contributed by atoms with Gasteiger partial charge in [0.1, 0.15) is 22.3 Å². The topological polar surface area (TPSA) is 26.3 Å². The second-order valence-electron chi connectivity index (χ2n) is 19.2. The molecule has 2 nitrogen and oxygen atoms in total. The van der Waals surface area contributed by atoms with E-state index in [1.54, 1.807) is 0 Å². The van der Waals surface area contributed by atoms with Gasteiger partial charge in [-0.05, 0) is 153 Å². The standard InChI is InChI=1S/C67H40O2/c1-2-17-40-39(16-1)36-37-48-43-18-3-7-29-55(43)67(66(40)48)56-30-8-4-19-49(56)63-52(28-13-31-57(63)67)62-46-24-11-22-41(44-26-14-34-60-64(44)50-20-5-9-32-58(50)68-60)53(46)38-54-42(23-12-25-47(54)62)45-27-15-35-61-65(45)51-21-6-10-33-59(51)69-61/h1-3,5-18,20-38H,4,19H2. The van der Waals surface area contributed by atoms with Crippen LogP contribution in [-0.4, -0.2) is 0 Å². The van der Waals surface area contributed by atoms with Gasteiger partial charge in [-0.3, -0.25) is 0 Å². The van der Waals surface area contributed by atoms with Gasteiger partial charge < -0.3 is 8.83 Å². The van der Waals surface area contributed by atoms with Crippen molar-refractivity contribution in [1.29, 1.82) is 0 Å². The SMILES string of the molecule is C1=CC2=C(CC1)c1c(-c3c4cccc(-c5cccc6oc7ccccc7c56)c4cc4c(-c5cccc6oc7ccccc7c56)cccc34)cccc1C21c2ccccc2-c2ccc3ccccc3c21. The minimum absolute atomic E-state index is 0.475. The number of allylic oxidation sites excluding steroid dienone is 4. The highest BCUT2D eigenvalue weighted by Crippen LogP contribution is 2.66. The first-order valence-electron chi connectivity index (χ1n) is 24.2. The molecule has 0 radical (unpaired) electrons. The summed E-state index contributed by atoms with van der Waals surface area (Å²) in [6.45, 7) is 0. The molecule has 0 N–H and O–H groups in total. The van der Waals surface area contributed by atoms with Crippen LogP contribution in [0.4, 0.5) is 0 Å². The molecule has 1 spiro atoms. The lowest BCUT2D eigenvalue weighted by molar-refractivity contribution is 0.668. The minimum atomic E-state index is -0.475. The number of hydrogen-bond acceptors (Lipinski definition) is 2. The molecule has 0 fully saturated rings. The van der Waals surface area contributed by atoms with Crippen LogP contribution in [0.1, 0.15) is 35.1 Å². The summed E-state index contributed by atoms with van der Waals surface area (Å²) in [6.07, 6.45) is 6.89. The van der Waals surface area contributed by atoms with Crippen LogP contribution in [0.5, 0.6) is 0 Å². The molecule has 69 heavy (non-hydrogen) atoms. The molecule has 2 heteroatoms. The Morgan fingerprint density at radius 1 is 0.348 bits per heavy atom. The third-order valence-corrected chi connectivity index (χ3v) is 16.0. The molecule has 320 valence electrons. The van der Waals surface area contributed by atoms with E-state index >= 15 is 0 Å². The predicted molar refractivity (Wildman–Crippen MR) is 287 cm³/mol. The normalized spacial score (nSPS) is 15.9. The summed E-state index contributed by atoms with van der Waals surface area (Å²) in [5.41, 5.74) is 21.4. The van der Waals surface area contributed by atoms with E-state index in [2.05, 4.69) is 218 Å². The molecule has 16 rings (SSSR count). The van der Waals surface area contributed by atoms with E-state index in [0.29, 0.717) is 0 Å². The summed E-state index contributed by atoms with van der Waals surface area (Å²) in [5.74, 6) is 0. The fraction of sp³-hybridized carbons (Fsp3) is 0.0448. The summed E-state index contributed by atoms with van der Waals surface area (Å²) in [5, 5.41) is 12.0. The summed E-state index contributed by atoms with van der Waals surface area (Å²) < 4.78 is 13.1. The average molecular weight is 877 g/mol. The molecular formula is C67H40O2. The van der Waals surface area contributed by atoms with Crippen molar-refractivity contribution >= 4 is 81.8 Å². The summed E-state index contributed by atoms with van der Waals surface area (Å²) >= 11 is 0. The lowest BCUT2D eigenvalue weighted by atomic mass is 9.68. The smallest absolute Gasteiger partial charge is 0.136 e. The molecule has 2 heterocycles. The predicted octanol–water partition coefficient (Wildman–Crippen LogP) is 18.4. The maximum Gasteiger partial charge on any atom is 0.136 e. The molecule has 13 aromatic rings. The number of furan rings is 2. The third kappa shape index (κ3) is 4.80. The van der Waals surface area contributed by atoms with Crippen molar-refractivity contribution in [3.63, 3.8) is 0 Å². The first kappa shape index (κ1) is 37.4. The molecule has 2 aromatic heterocycles. The summed E-state index contributed by atoms with van der Waals surface area (Å²) in [6, 6.07) is 76.5. The van der Waals surface area contributed by atoms with Crippen molar-refractivity contribution in [2.24, 2.45) is 0 Å². The van der Waals surface area contributed by atoms with Gasteiger partial charge in [-0.15, -0.1) is 0 Å². The number of fused-ring (bicyclic) bond motifs is 19. The quantitative estimate of drug-likeness (QED) is 0.165. The number of para-hydroxylation sites is 2. The molecule has 3 aliphatic carbocycles. The lowest BCUT2D eigenvalue weighted by Crippen LogP contribution is -2.27. The molecule has 0 aliphatic heterocycles. The van der Waals surface area contributed by atoms with Gasteiger partial charge in [-0.2, -0.15) is 0 Å². The summed E-state index contributed by atoms with van der Waals surface area (Å²) in [7, 11) is 0. The van der Waals surface area contributed by atoms with E-state index in [1.165, 1.54) is 110 Å². The zero-order valence-electron chi connectivity index (χ0n) is 37.5. The summed E-state index contributed by atoms with van der Waals surface area (Å²) in [4.78, 5) is 0. The molecule has 0 saturated heterocycles. The third-order valence-electron chi connectivity index (χ3n) is 16.0. The van der Waals surface area contributed by atoms with Gasteiger partial charge in [-0.25, -0.2) is 0 Å². The Bertz CT molecular complexity index is 4320. The van der Waals surface area contributed by atoms with Crippen LogP contribution in [0, 0.1) is 0 Å². The van der Waals surface area contributed by atoms with Crippen LogP contribution in [-0.2, 0) is 5.41 Å². The highest BCUT2D eigenvalue weighted by atomic mass is 16.3. The zero-order chi connectivity index (χ0) is 45.0. The molecule has 0 bridgehead atoms. The number of benzene rings is 11. The highest BCUT2D eigenvalue weighted by Gasteiger charge is 2.53. The van der Waals surface area contributed by atoms with Gasteiger partial charge in [0.15, 0.2) is 0 Å². The fourth-order valence-electron chi connectivity index (χ4n) is 13.4. The van der Waals surface area contributed by atoms with Crippen molar-refractivity contribution in [2.45, 2.75) is 18.3 Å². The van der Waals surface area contributed by atoms with Crippen LogP contribution in [0.25, 0.3) is 126 Å². The van der Waals surface area contributed by atoms with Crippen LogP contribution < -0.4 is 0 Å². The molecule has 1 atom stereocenters. The molecule has 1 unspecified atom stereocenters. The monoisotopic (exact) mass is 876 g/mol. The fourth-order valence-corrected chi connectivity index (χ4v) is 13.4. The van der Waals surface area contributed by atoms with Gasteiger partial charge in [0.05, 0.1) is 5.41 Å². The van der Waals surface area contributed by atoms with E-state index in [9.17, 15) is 0 Å². The van der Waals surface area contributed by atoms with Gasteiger partial charge in [0.25, 0.3) is 0 Å². The minimum Gasteiger partial charge on any atom is -0.456 e. The Kier molecular flexibility index (Phi) is 7.42. The van der Waals surface area contributed by atoms with Gasteiger partial charge in [-0.1, -0.05) is 188 Å². The molecule has 0 amide bonds. The van der Waals surface area contributed by atoms with Crippen LogP contribution in [0.3, 0.4) is 0 Å². The van der Waals surface area contributed by atoms with E-state index in [-0.39, 0.29) is 0 Å². The maximum absolute atomic E-state index is 6.54. The Labute approximate surface area is 397 Å². The van der Waals surface area contributed by atoms with Gasteiger partial charge in [0.2, 0.25) is 0 Å². The van der Waals surface area contributed by atoms with E-state index in [4.69, 9.17) is 8.83 Å². The Morgan fingerprint density at radius 2 is 0.870 bits per heavy atom. The zero-order valence-corrected chi connectivity index (χ0v) is 37.5. The van der Waals surface area contributed by atoms with Crippen molar-refractivity contribution in [1.82, 2.24) is 0 Å². The molecule has 3 aliphatic rings. The van der Waals surface area contributed by atoms with Crippen LogP contribution in [0.2, 0.25) is 0 Å². The Morgan fingerprint density at radius 3 is 1.58 bits per heavy atom. The second-order valence-corrected chi connectivity index (χ2v) is 19.2. The van der Waals surface area contributed by atoms with Crippen LogP contribution >= 0.6 is 0 Å². The van der Waals surface area contributed by atoms with Crippen molar-refractivity contribution in [3.8, 4) is 44.5 Å². The van der Waals surface area contributed by atoms with E-state index < -0.39 is 5.41 Å². The first-order valence-corrected chi connectivity index (χ1v) is 24.2. The van der Waals surface area contributed by atoms with Crippen molar-refractivity contribution in [2.75, 3.05) is 0 Å². The number of rotatable bonds is 3. The highest BCUT2D eigenvalue weighted by molar-refractivity contribution is 6.24. The lowest BCUT2D eigenvalue weighted by Gasteiger charge is -2.33. The number of hydrogen-bond donors (Lipinski definition) is 0. The average Bonchev–Trinajstić information content (AvgIpc) is 4.15. The maximum atomic E-state index is 6.54. The van der Waals surface area contributed by atoms with Gasteiger partial charge in [0, 0.05) is 21.5 Å². The Balaban J connectivity index is 1.07. The first-order chi connectivity index (χ1) is 34.3. The van der Waals surface area contributed by atoms with E-state index in [0.717, 1.165) is 56.7 Å². The van der Waals surface area contributed by atoms with E-state index in [1.807, 2.05) is 0 Å². The van der Waals surface area contributed by atoms with Crippen LogP contribution in [0.15, 0.2) is 233 Å². The largest absolute Gasteiger partial charge is 0.456 e. The van der Waals surface area contributed by atoms with Crippen molar-refractivity contribution in [3.05, 3.63) is 246 Å². The van der Waals surface area contributed by atoms with Crippen molar-refractivity contribution < 1.29 is 8.83 Å². The second kappa shape index (κ2) is 13.7. The van der Waals surface area contributed by atoms with Gasteiger partial charge >= 0.3 is 0 Å². The molecule has 0 saturated carbocycles. The molecule has 11 aromatic carbocycles.